The zero-order chi connectivity index (χ0) is 106. The first-order chi connectivity index (χ1) is 69.6. The lowest BCUT2D eigenvalue weighted by Crippen LogP contribution is -2.17. The Labute approximate surface area is 866 Å². The number of carboxylic acid groups (broad SMARTS) is 6. The van der Waals surface area contributed by atoms with Gasteiger partial charge in [-0.1, -0.05) is 114 Å². The van der Waals surface area contributed by atoms with Crippen LogP contribution in [0.15, 0.2) is 245 Å². The van der Waals surface area contributed by atoms with Crippen molar-refractivity contribution in [2.45, 2.75) is 96.5 Å². The van der Waals surface area contributed by atoms with Crippen LogP contribution in [-0.4, -0.2) is 139 Å². The van der Waals surface area contributed by atoms with Gasteiger partial charge in [0, 0.05) is 61.2 Å². The number of nitrogen functional groups attached to an aromatic ring is 1. The number of fused-ring (bicyclic) bond motifs is 12. The van der Waals surface area contributed by atoms with Crippen molar-refractivity contribution in [3.8, 4) is 34.1 Å². The van der Waals surface area contributed by atoms with Crippen LogP contribution in [0.25, 0.3) is 142 Å². The highest BCUT2D eigenvalue weighted by Gasteiger charge is 2.28. The quantitative estimate of drug-likeness (QED) is 0.0199. The number of hydrogen-bond acceptors (Lipinski definition) is 20. The number of pyridine rings is 7. The number of halogens is 6. The Morgan fingerprint density at radius 3 is 0.877 bits per heavy atom. The minimum atomic E-state index is -1.05. The van der Waals surface area contributed by atoms with Gasteiger partial charge in [0.05, 0.1) is 156 Å². The fourth-order valence-electron chi connectivity index (χ4n) is 17.8. The summed E-state index contributed by atoms with van der Waals surface area (Å²) in [5.41, 5.74) is 16.8. The number of carbonyl (C=O) groups is 6. The van der Waals surface area contributed by atoms with Crippen molar-refractivity contribution < 1.29 is 78.4 Å². The van der Waals surface area contributed by atoms with Crippen molar-refractivity contribution in [1.82, 2.24) is 32.4 Å². The second-order valence-corrected chi connectivity index (χ2v) is 37.8. The molecule has 7 heterocycles. The number of nitrogens with two attached hydrogens (primary N) is 1. The molecule has 19 rings (SSSR count). The van der Waals surface area contributed by atoms with Crippen molar-refractivity contribution in [2.75, 3.05) is 46.2 Å². The molecule has 0 saturated carbocycles. The minimum absolute atomic E-state index is 0.103. The molecule has 0 fully saturated rings. The van der Waals surface area contributed by atoms with Gasteiger partial charge in [-0.2, -0.15) is 0 Å². The Hall–Kier alpha value is -15.1. The molecule has 0 saturated heterocycles. The van der Waals surface area contributed by atoms with E-state index in [1.807, 2.05) is 87.9 Å². The second kappa shape index (κ2) is 45.0. The Balaban J connectivity index is 0.000000139. The van der Waals surface area contributed by atoms with Crippen LogP contribution in [0.5, 0.6) is 23.0 Å². The number of nitrogens with zero attached hydrogens (tertiary/aromatic N) is 7. The summed E-state index contributed by atoms with van der Waals surface area (Å²) < 4.78 is 31.2. The highest BCUT2D eigenvalue weighted by Crippen LogP contribution is 2.43. The maximum atomic E-state index is 13.1. The van der Waals surface area contributed by atoms with Gasteiger partial charge in [-0.15, -0.1) is 23.5 Å². The Bertz CT molecular complexity index is 8670. The number of hydrogen-bond donors (Lipinski definition) is 7. The lowest BCUT2D eigenvalue weighted by Gasteiger charge is -2.18. The summed E-state index contributed by atoms with van der Waals surface area (Å²) in [7, 11) is 4.30. The molecule has 0 radical (unpaired) electrons. The van der Waals surface area contributed by atoms with Crippen LogP contribution in [0.2, 0.25) is 30.1 Å². The predicted octanol–water partition coefficient (Wildman–Crippen LogP) is 21.9. The van der Waals surface area contributed by atoms with Gasteiger partial charge < -0.3 is 82.7 Å². The van der Waals surface area contributed by atoms with Crippen LogP contribution in [0, 0.1) is 20.8 Å². The van der Waals surface area contributed by atoms with Gasteiger partial charge in [0.1, 0.15) is 39.3 Å². The first kappa shape index (κ1) is 107. The average molecular weight is 2130 g/mol. The molecule has 0 spiro atoms. The van der Waals surface area contributed by atoms with E-state index in [2.05, 4.69) is 18.8 Å². The normalized spacial score (nSPS) is 11.2. The SMILES string of the molecule is CCOc1c(Cl)ccc2c(=O)c3ccc(C)cc3n(CC(=O)O)c12.COc1c(Cl)ccc2c(=O)c3ccc(-c4ccncc4)cc3n(CC(=O)O)c12.COc1c(Cl)ccc2c(=O)c3ccc(C)cc3n(CC(=O)O)c12.COc1c(Cl)ccc2c(=O)c3ccc(N)cc3n(CC(=O)O)c12.CSc1c(Cl)ccc2c(=O)c3ccc(C(C)C)cc3n(CC(=O)O)c12.CSc1c(Cl)ccc2c(=O)c3ccc(C)cc3n(CC(=O)O)c12. The standard InChI is InChI=1S/C21H15ClN2O4.C19H18ClNO3S.C18H16ClNO4.C17H14ClNO4.C17H14ClNO3S.C16H13ClN2O4/c1-28-21-16(22)5-4-15-19(21)24(11-18(25)26)17-10-13(2-3-14(17)20(15)27)12-6-8-23-9-7-12;1-10(2)11-4-5-12-15(8-11)21(9-16(22)23)17-13(18(12)24)6-7-14(20)19(17)25-3;1-3-24-18-13(19)7-6-12-16(18)20(9-15(21)22)14-8-10(2)4-5-11(14)17(12)23;2*1-9-3-4-10-13(7-9)19(8-14(20)21)15-11(16(10)22)5-6-12(18)17(15)23-2;1-23-16-11(17)5-4-10-14(16)19(7-13(20)21)12-6-8(18)2-3-9(12)15(10)22/h2-10H,11H2,1H3,(H,25,26);4-8,10H,9H2,1-3H3,(H,22,23);4-8H,3,9H2,1-2H3,(H,21,22);2*3-7H,8H2,1-2H3,(H,20,21);2-6H,7,18H2,1H3,(H,20,21). The van der Waals surface area contributed by atoms with Gasteiger partial charge >= 0.3 is 35.8 Å². The zero-order valence-corrected chi connectivity index (χ0v) is 85.8. The maximum absolute atomic E-state index is 13.1. The summed E-state index contributed by atoms with van der Waals surface area (Å²) in [5, 5.41) is 63.6. The van der Waals surface area contributed by atoms with Crippen molar-refractivity contribution in [2.24, 2.45) is 0 Å². The zero-order valence-electron chi connectivity index (χ0n) is 79.7. The van der Waals surface area contributed by atoms with Crippen LogP contribution < -0.4 is 57.3 Å². The summed E-state index contributed by atoms with van der Waals surface area (Å²) in [5.74, 6) is -4.62. The number of ether oxygens (including phenoxy) is 4. The third-order valence-corrected chi connectivity index (χ3v) is 27.7. The average Bonchev–Trinajstić information content (AvgIpc) is 0.764. The summed E-state index contributed by atoms with van der Waals surface area (Å²) in [6.45, 7) is 10.2. The van der Waals surface area contributed by atoms with Crippen LogP contribution in [-0.2, 0) is 68.0 Å². The van der Waals surface area contributed by atoms with Crippen molar-refractivity contribution in [1.29, 1.82) is 0 Å². The third kappa shape index (κ3) is 21.4. The van der Waals surface area contributed by atoms with Gasteiger partial charge in [-0.25, -0.2) is 0 Å². The fourth-order valence-corrected chi connectivity index (χ4v) is 20.8. The molecule has 30 nitrogen and oxygen atoms in total. The van der Waals surface area contributed by atoms with Crippen LogP contribution in [0.1, 0.15) is 48.9 Å². The summed E-state index contributed by atoms with van der Waals surface area (Å²) in [4.78, 5) is 151. The van der Waals surface area contributed by atoms with Gasteiger partial charge in [-0.3, -0.25) is 62.5 Å². The van der Waals surface area contributed by atoms with E-state index in [1.54, 1.807) is 182 Å². The van der Waals surface area contributed by atoms with Gasteiger partial charge in [0.2, 0.25) is 0 Å². The van der Waals surface area contributed by atoms with Crippen molar-refractivity contribution in [3.63, 3.8) is 0 Å². The Morgan fingerprint density at radius 2 is 0.575 bits per heavy atom. The number of benzene rings is 12. The Kier molecular flexibility index (Phi) is 32.9. The van der Waals surface area contributed by atoms with Crippen LogP contribution >= 0.6 is 93.1 Å². The van der Waals surface area contributed by atoms with Gasteiger partial charge in [0.25, 0.3) is 0 Å². The molecule has 38 heteroatoms. The lowest BCUT2D eigenvalue weighted by atomic mass is 10.00. The summed E-state index contributed by atoms with van der Waals surface area (Å²) >= 11 is 40.2. The monoisotopic (exact) mass is 2120 g/mol. The Morgan fingerprint density at radius 1 is 0.322 bits per heavy atom. The molecule has 0 aliphatic heterocycles. The fraction of sp³-hybridized carbons (Fsp3) is 0.176. The van der Waals surface area contributed by atoms with E-state index in [-0.39, 0.29) is 89.3 Å². The molecule has 0 aliphatic carbocycles. The first-order valence-electron chi connectivity index (χ1n) is 44.5. The van der Waals surface area contributed by atoms with E-state index < -0.39 is 35.8 Å². The smallest absolute Gasteiger partial charge is 0.323 e. The highest BCUT2D eigenvalue weighted by atomic mass is 35.5. The third-order valence-electron chi connectivity index (χ3n) is 24.1. The van der Waals surface area contributed by atoms with E-state index in [4.69, 9.17) is 94.3 Å². The highest BCUT2D eigenvalue weighted by molar-refractivity contribution is 7.99. The number of rotatable bonds is 21. The molecule has 0 aliphatic rings. The molecule has 748 valence electrons. The second-order valence-electron chi connectivity index (χ2n) is 33.7. The van der Waals surface area contributed by atoms with Crippen LogP contribution in [0.3, 0.4) is 0 Å². The van der Waals surface area contributed by atoms with E-state index in [9.17, 15) is 88.2 Å². The molecule has 0 unspecified atom stereocenters. The molecule has 19 aromatic rings. The number of carboxylic acids is 6. The van der Waals surface area contributed by atoms with Gasteiger partial charge in [0.15, 0.2) is 55.6 Å². The number of thioether (sulfide) groups is 2. The van der Waals surface area contributed by atoms with E-state index in [0.717, 1.165) is 38.3 Å². The van der Waals surface area contributed by atoms with Crippen molar-refractivity contribution in [3.05, 3.63) is 320 Å². The van der Waals surface area contributed by atoms with Crippen molar-refractivity contribution >= 4 is 265 Å². The first-order valence-corrected chi connectivity index (χ1v) is 49.2. The summed E-state index contributed by atoms with van der Waals surface area (Å²) in [6, 6.07) is 55.0. The molecule has 146 heavy (non-hydrogen) atoms. The molecule has 0 bridgehead atoms. The molecule has 8 N–H and O–H groups in total. The van der Waals surface area contributed by atoms with Gasteiger partial charge in [-0.05, 0) is 243 Å². The molecule has 0 atom stereocenters. The largest absolute Gasteiger partial charge is 0.493 e. The molecule has 7 aromatic heterocycles. The van der Waals surface area contributed by atoms with E-state index in [1.165, 1.54) is 49.4 Å². The number of methoxy groups -OCH3 is 3. The number of anilines is 1. The molecular weight excluding hydrogens is 2040 g/mol. The summed E-state index contributed by atoms with van der Waals surface area (Å²) in [6.07, 6.45) is 7.07. The number of aryl methyl sites for hydroxylation is 3. The number of aromatic nitrogens is 7. The van der Waals surface area contributed by atoms with E-state index in [0.29, 0.717) is 190 Å². The van der Waals surface area contributed by atoms with Crippen LogP contribution in [0.4, 0.5) is 5.69 Å². The molecule has 12 aromatic carbocycles. The predicted molar refractivity (Wildman–Crippen MR) is 580 cm³/mol. The molecule has 0 amide bonds. The maximum Gasteiger partial charge on any atom is 0.323 e. The molecular formula is C108H90Cl6N8O22S2. The van der Waals surface area contributed by atoms with E-state index >= 15 is 0 Å². The minimum Gasteiger partial charge on any atom is -0.493 e. The topological polar surface area (TPSA) is 432 Å². The number of aliphatic carboxylic acids is 6. The lowest BCUT2D eigenvalue weighted by molar-refractivity contribution is -0.138.